The Morgan fingerprint density at radius 2 is 1.81 bits per heavy atom. The molecule has 0 unspecified atom stereocenters. The first-order valence-electron chi connectivity index (χ1n) is 8.64. The molecule has 0 radical (unpaired) electrons. The first-order valence-corrected chi connectivity index (χ1v) is 9.45. The Bertz CT molecular complexity index is 932. The Morgan fingerprint density at radius 3 is 2.52 bits per heavy atom. The van der Waals surface area contributed by atoms with Gasteiger partial charge in [0.1, 0.15) is 5.82 Å². The Balaban J connectivity index is 1.85. The van der Waals surface area contributed by atoms with Crippen molar-refractivity contribution < 1.29 is 4.79 Å². The van der Waals surface area contributed by atoms with E-state index in [1.165, 1.54) is 0 Å². The summed E-state index contributed by atoms with van der Waals surface area (Å²) in [6.07, 6.45) is 1.92. The molecule has 0 spiro atoms. The molecule has 4 N–H and O–H groups in total. The van der Waals surface area contributed by atoms with Gasteiger partial charge in [0.25, 0.3) is 5.91 Å². The number of anilines is 1. The Kier molecular flexibility index (Phi) is 6.11. The highest BCUT2D eigenvalue weighted by molar-refractivity contribution is 7.99. The highest BCUT2D eigenvalue weighted by Crippen LogP contribution is 2.33. The second kappa shape index (κ2) is 8.70. The van der Waals surface area contributed by atoms with Crippen LogP contribution in [-0.4, -0.2) is 18.2 Å². The molecule has 6 heteroatoms. The van der Waals surface area contributed by atoms with E-state index in [0.717, 1.165) is 26.9 Å². The van der Waals surface area contributed by atoms with Gasteiger partial charge in [-0.25, -0.2) is 4.99 Å². The number of aliphatic imine (C=N–C) groups is 1. The zero-order chi connectivity index (χ0) is 19.2. The predicted molar refractivity (Wildman–Crippen MR) is 112 cm³/mol. The average molecular weight is 379 g/mol. The molecule has 0 fully saturated rings. The third-order valence-corrected chi connectivity index (χ3v) is 4.98. The largest absolute Gasteiger partial charge is 0.344 e. The second-order valence-electron chi connectivity index (χ2n) is 6.10. The zero-order valence-electron chi connectivity index (χ0n) is 15.3. The smallest absolute Gasteiger partial charge is 0.256 e. The van der Waals surface area contributed by atoms with Crippen LogP contribution in [0.3, 0.4) is 0 Å². The van der Waals surface area contributed by atoms with E-state index in [-0.39, 0.29) is 12.5 Å². The zero-order valence-corrected chi connectivity index (χ0v) is 16.1. The minimum atomic E-state index is -0.257. The molecule has 0 saturated heterocycles. The van der Waals surface area contributed by atoms with E-state index >= 15 is 0 Å². The number of allylic oxidation sites excluding steroid dienone is 2. The number of rotatable bonds is 5. The van der Waals surface area contributed by atoms with Crippen molar-refractivity contribution >= 4 is 29.1 Å². The number of carbonyl (C=O) groups is 1. The predicted octanol–water partition coefficient (Wildman–Crippen LogP) is 3.91. The van der Waals surface area contributed by atoms with E-state index in [2.05, 4.69) is 15.6 Å². The second-order valence-corrected chi connectivity index (χ2v) is 7.22. The number of nitrogens with two attached hydrogens (primary N) is 1. The molecule has 1 amide bonds. The van der Waals surface area contributed by atoms with Crippen LogP contribution in [0.5, 0.6) is 0 Å². The van der Waals surface area contributed by atoms with Crippen molar-refractivity contribution in [2.45, 2.75) is 23.6 Å². The van der Waals surface area contributed by atoms with E-state index in [1.807, 2.05) is 74.5 Å². The highest BCUT2D eigenvalue weighted by atomic mass is 32.2. The number of hydrogen-bond acceptors (Lipinski definition) is 5. The van der Waals surface area contributed by atoms with Crippen molar-refractivity contribution in [1.29, 1.82) is 0 Å². The van der Waals surface area contributed by atoms with Crippen LogP contribution in [0.2, 0.25) is 0 Å². The number of para-hydroxylation sites is 1. The molecular formula is C21H22N4OS. The summed E-state index contributed by atoms with van der Waals surface area (Å²) in [5, 5.41) is 6.11. The lowest BCUT2D eigenvalue weighted by Crippen LogP contribution is -2.27. The summed E-state index contributed by atoms with van der Waals surface area (Å²) in [5.41, 5.74) is 8.78. The Morgan fingerprint density at radius 1 is 1.11 bits per heavy atom. The summed E-state index contributed by atoms with van der Waals surface area (Å²) >= 11 is 1.60. The molecule has 2 aromatic carbocycles. The number of benzene rings is 2. The summed E-state index contributed by atoms with van der Waals surface area (Å²) in [5.74, 6) is 0.244. The van der Waals surface area contributed by atoms with Gasteiger partial charge in [-0.1, -0.05) is 42.1 Å². The lowest BCUT2D eigenvalue weighted by atomic mass is 10.2. The summed E-state index contributed by atoms with van der Waals surface area (Å²) in [6, 6.07) is 17.8. The molecule has 0 atom stereocenters. The first-order chi connectivity index (χ1) is 13.1. The van der Waals surface area contributed by atoms with Crippen LogP contribution in [0.4, 0.5) is 5.69 Å². The average Bonchev–Trinajstić information content (AvgIpc) is 2.64. The van der Waals surface area contributed by atoms with E-state index in [9.17, 15) is 4.79 Å². The maximum absolute atomic E-state index is 12.9. The lowest BCUT2D eigenvalue weighted by molar-refractivity contribution is -0.112. The minimum absolute atomic E-state index is 0.0895. The van der Waals surface area contributed by atoms with Gasteiger partial charge in [-0.3, -0.25) is 4.79 Å². The lowest BCUT2D eigenvalue weighted by Gasteiger charge is -2.18. The molecular weight excluding hydrogens is 356 g/mol. The highest BCUT2D eigenvalue weighted by Gasteiger charge is 2.18. The molecule has 3 rings (SSSR count). The van der Waals surface area contributed by atoms with Gasteiger partial charge in [-0.15, -0.1) is 0 Å². The monoisotopic (exact) mass is 378 g/mol. The van der Waals surface area contributed by atoms with Crippen LogP contribution in [0, 0.1) is 0 Å². The molecule has 138 valence electrons. The van der Waals surface area contributed by atoms with E-state index in [1.54, 1.807) is 11.8 Å². The van der Waals surface area contributed by atoms with Crippen LogP contribution in [-0.2, 0) is 4.79 Å². The van der Waals surface area contributed by atoms with Gasteiger partial charge in [0.2, 0.25) is 0 Å². The summed E-state index contributed by atoms with van der Waals surface area (Å²) in [6.45, 7) is 3.91. The van der Waals surface area contributed by atoms with Crippen LogP contribution in [0.1, 0.15) is 13.8 Å². The molecule has 1 aliphatic heterocycles. The topological polar surface area (TPSA) is 79.5 Å². The number of carbonyl (C=O) groups excluding carboxylic acids is 1. The maximum Gasteiger partial charge on any atom is 0.256 e. The number of nitrogens with one attached hydrogen (secondary N) is 2. The summed E-state index contributed by atoms with van der Waals surface area (Å²) < 4.78 is 0. The van der Waals surface area contributed by atoms with Crippen LogP contribution in [0.25, 0.3) is 0 Å². The van der Waals surface area contributed by atoms with Crippen LogP contribution < -0.4 is 16.4 Å². The molecule has 0 saturated carbocycles. The molecule has 0 aromatic heterocycles. The minimum Gasteiger partial charge on any atom is -0.344 e. The molecule has 0 bridgehead atoms. The Labute approximate surface area is 163 Å². The summed E-state index contributed by atoms with van der Waals surface area (Å²) in [4.78, 5) is 19.4. The number of nitrogens with zero attached hydrogens (tertiary/aromatic N) is 1. The van der Waals surface area contributed by atoms with Crippen molar-refractivity contribution in [1.82, 2.24) is 5.32 Å². The van der Waals surface area contributed by atoms with Gasteiger partial charge in [-0.2, -0.15) is 0 Å². The third-order valence-electron chi connectivity index (χ3n) is 3.90. The van der Waals surface area contributed by atoms with Crippen LogP contribution in [0.15, 0.2) is 92.5 Å². The molecule has 0 aliphatic carbocycles. The summed E-state index contributed by atoms with van der Waals surface area (Å²) in [7, 11) is 0. The molecule has 1 heterocycles. The van der Waals surface area contributed by atoms with Crippen molar-refractivity contribution in [2.24, 2.45) is 10.7 Å². The molecule has 2 aromatic rings. The molecule has 5 nitrogen and oxygen atoms in total. The quantitative estimate of drug-likeness (QED) is 0.689. The van der Waals surface area contributed by atoms with E-state index in [4.69, 9.17) is 5.73 Å². The van der Waals surface area contributed by atoms with Crippen LogP contribution >= 0.6 is 11.8 Å². The Hall–Kier alpha value is -2.83. The fourth-order valence-electron chi connectivity index (χ4n) is 2.68. The van der Waals surface area contributed by atoms with E-state index in [0.29, 0.717) is 11.4 Å². The SMILES string of the molecule is CC1=CC(C)=N/C(=C(/CN)C(=O)Nc2ccccc2Sc2ccccc2)N1. The third kappa shape index (κ3) is 4.87. The van der Waals surface area contributed by atoms with Gasteiger partial charge < -0.3 is 16.4 Å². The molecule has 1 aliphatic rings. The fraction of sp³-hybridized carbons (Fsp3) is 0.143. The number of amides is 1. The van der Waals surface area contributed by atoms with Gasteiger partial charge in [-0.05, 0) is 44.2 Å². The number of hydrogen-bond donors (Lipinski definition) is 3. The normalized spacial score (nSPS) is 15.4. The van der Waals surface area contributed by atoms with Gasteiger partial charge in [0.15, 0.2) is 0 Å². The molecule has 27 heavy (non-hydrogen) atoms. The fourth-order valence-corrected chi connectivity index (χ4v) is 3.61. The maximum atomic E-state index is 12.9. The standard InChI is InChI=1S/C21H22N4OS/c1-14-12-15(2)24-20(23-14)17(13-22)21(26)25-18-10-6-7-11-19(18)27-16-8-4-3-5-9-16/h3-12,23H,13,22H2,1-2H3,(H,25,26)/b20-17-. The van der Waals surface area contributed by atoms with Crippen molar-refractivity contribution in [2.75, 3.05) is 11.9 Å². The van der Waals surface area contributed by atoms with Gasteiger partial charge >= 0.3 is 0 Å². The van der Waals surface area contributed by atoms with Crippen molar-refractivity contribution in [3.05, 3.63) is 77.8 Å². The van der Waals surface area contributed by atoms with Gasteiger partial charge in [0.05, 0.1) is 11.3 Å². The first kappa shape index (κ1) is 18.9. The van der Waals surface area contributed by atoms with Crippen molar-refractivity contribution in [3.8, 4) is 0 Å². The van der Waals surface area contributed by atoms with Gasteiger partial charge in [0, 0.05) is 27.7 Å². The van der Waals surface area contributed by atoms with E-state index < -0.39 is 0 Å². The van der Waals surface area contributed by atoms with Crippen molar-refractivity contribution in [3.63, 3.8) is 0 Å².